The molecule has 3 saturated carbocycles. The molecule has 46 heavy (non-hydrogen) atoms. The number of ketones is 3. The van der Waals surface area contributed by atoms with Crippen LogP contribution in [0.4, 0.5) is 0 Å². The summed E-state index contributed by atoms with van der Waals surface area (Å²) in [6, 6.07) is 0. The molecule has 0 bridgehead atoms. The molecule has 10 nitrogen and oxygen atoms in total. The molecule has 0 spiro atoms. The highest BCUT2D eigenvalue weighted by Gasteiger charge is 2.75. The van der Waals surface area contributed by atoms with Gasteiger partial charge in [0.15, 0.2) is 17.7 Å². The van der Waals surface area contributed by atoms with Crippen molar-refractivity contribution < 1.29 is 48.1 Å². The Hall–Kier alpha value is -3.14. The van der Waals surface area contributed by atoms with E-state index >= 15 is 0 Å². The molecule has 0 unspecified atom stereocenters. The monoisotopic (exact) mass is 642 g/mol. The van der Waals surface area contributed by atoms with Gasteiger partial charge >= 0.3 is 17.9 Å². The molecule has 3 fully saturated rings. The summed E-state index contributed by atoms with van der Waals surface area (Å²) in [7, 11) is 0. The van der Waals surface area contributed by atoms with Crippen molar-refractivity contribution in [2.45, 2.75) is 125 Å². The largest absolute Gasteiger partial charge is 0.462 e. The Morgan fingerprint density at radius 2 is 1.50 bits per heavy atom. The van der Waals surface area contributed by atoms with Crippen molar-refractivity contribution >= 4 is 35.3 Å². The van der Waals surface area contributed by atoms with E-state index < -0.39 is 80.6 Å². The van der Waals surface area contributed by atoms with E-state index in [0.29, 0.717) is 12.8 Å². The Morgan fingerprint density at radius 1 is 0.913 bits per heavy atom. The fourth-order valence-corrected chi connectivity index (χ4v) is 10.0. The average molecular weight is 643 g/mol. The summed E-state index contributed by atoms with van der Waals surface area (Å²) >= 11 is 0. The zero-order valence-electron chi connectivity index (χ0n) is 29.1. The minimum atomic E-state index is -2.06. The van der Waals surface area contributed by atoms with E-state index in [1.165, 1.54) is 39.8 Å². The molecule has 254 valence electrons. The Morgan fingerprint density at radius 3 is 2.04 bits per heavy atom. The molecule has 0 aromatic rings. The summed E-state index contributed by atoms with van der Waals surface area (Å²) in [5.41, 5.74) is -5.71. The van der Waals surface area contributed by atoms with E-state index in [4.69, 9.17) is 14.2 Å². The molecule has 0 heterocycles. The summed E-state index contributed by atoms with van der Waals surface area (Å²) in [5.74, 6) is -4.27. The summed E-state index contributed by atoms with van der Waals surface area (Å²) in [6.45, 7) is 18.1. The maximum atomic E-state index is 14.6. The molecule has 4 rings (SSSR count). The highest BCUT2D eigenvalue weighted by molar-refractivity contribution is 5.98. The number of carbonyl (C=O) groups excluding carboxylic acids is 6. The van der Waals surface area contributed by atoms with Crippen molar-refractivity contribution in [1.29, 1.82) is 0 Å². The number of ether oxygens (including phenoxy) is 3. The normalized spacial score (nSPS) is 38.1. The van der Waals surface area contributed by atoms with Crippen LogP contribution in [0.1, 0.15) is 102 Å². The van der Waals surface area contributed by atoms with E-state index in [2.05, 4.69) is 13.0 Å². The number of fused-ring (bicyclic) bond motifs is 5. The topological polar surface area (TPSA) is 150 Å². The molecule has 0 aromatic heterocycles. The molecule has 0 aromatic carbocycles. The molecule has 0 amide bonds. The number of Topliss-reactive ketones (excluding diaryl/α,β-unsaturated/α-hetero) is 2. The molecule has 0 radical (unpaired) electrons. The van der Waals surface area contributed by atoms with Crippen molar-refractivity contribution in [3.63, 3.8) is 0 Å². The van der Waals surface area contributed by atoms with Crippen molar-refractivity contribution in [2.24, 2.45) is 39.4 Å². The zero-order chi connectivity index (χ0) is 35.0. The third-order valence-corrected chi connectivity index (χ3v) is 12.1. The van der Waals surface area contributed by atoms with Gasteiger partial charge in [0, 0.05) is 56.3 Å². The first-order valence-electron chi connectivity index (χ1n) is 16.1. The fourth-order valence-electron chi connectivity index (χ4n) is 10.0. The number of rotatable bonds is 7. The smallest absolute Gasteiger partial charge is 0.303 e. The van der Waals surface area contributed by atoms with Crippen LogP contribution in [0.3, 0.4) is 0 Å². The maximum absolute atomic E-state index is 14.6. The summed E-state index contributed by atoms with van der Waals surface area (Å²) in [6.07, 6.45) is 3.69. The van der Waals surface area contributed by atoms with E-state index in [9.17, 15) is 33.9 Å². The third kappa shape index (κ3) is 5.38. The van der Waals surface area contributed by atoms with Crippen LogP contribution < -0.4 is 0 Å². The first-order valence-corrected chi connectivity index (χ1v) is 16.1. The predicted octanol–water partition coefficient (Wildman–Crippen LogP) is 4.64. The van der Waals surface area contributed by atoms with Gasteiger partial charge in [-0.05, 0) is 62.5 Å². The first-order chi connectivity index (χ1) is 20.9. The molecule has 9 atom stereocenters. The second-order valence-electron chi connectivity index (χ2n) is 16.0. The lowest BCUT2D eigenvalue weighted by atomic mass is 9.38. The summed E-state index contributed by atoms with van der Waals surface area (Å²) < 4.78 is 16.6. The highest BCUT2D eigenvalue weighted by Crippen LogP contribution is 2.74. The van der Waals surface area contributed by atoms with E-state index in [-0.39, 0.29) is 30.3 Å². The van der Waals surface area contributed by atoms with Crippen LogP contribution in [0, 0.1) is 39.4 Å². The Labute approximate surface area is 271 Å². The van der Waals surface area contributed by atoms with Gasteiger partial charge in [-0.2, -0.15) is 0 Å². The fraction of sp³-hybridized carbons (Fsp3) is 0.722. The second-order valence-corrected chi connectivity index (χ2v) is 16.0. The van der Waals surface area contributed by atoms with E-state index in [0.717, 1.165) is 5.57 Å². The maximum Gasteiger partial charge on any atom is 0.303 e. The van der Waals surface area contributed by atoms with Crippen LogP contribution in [0.2, 0.25) is 0 Å². The van der Waals surface area contributed by atoms with Crippen LogP contribution in [0.15, 0.2) is 23.8 Å². The number of allylic oxidation sites excluding steroid dienone is 1. The number of esters is 3. The SMILES string of the molecule is CC(=O)O[C@@H]1C[C@@]2(C)[C@@H]3CC=C4[C@@H](CC(=O)[C@H](OC(C)=O)C4(C)C)[C@]3(C)C(=O)C[C@]2(C)[C@H]1[C@@](C)(O)C(=O)/C=C/C(C)(C)OC(C)=O. The van der Waals surface area contributed by atoms with Gasteiger partial charge in [-0.15, -0.1) is 0 Å². The molecule has 0 aliphatic heterocycles. The highest BCUT2D eigenvalue weighted by atomic mass is 16.6. The van der Waals surface area contributed by atoms with Gasteiger partial charge in [-0.3, -0.25) is 28.8 Å². The van der Waals surface area contributed by atoms with Gasteiger partial charge in [-0.1, -0.05) is 46.3 Å². The third-order valence-electron chi connectivity index (χ3n) is 12.1. The molecule has 4 aliphatic carbocycles. The Kier molecular flexibility index (Phi) is 8.72. The van der Waals surface area contributed by atoms with Crippen LogP contribution in [-0.4, -0.2) is 63.8 Å². The number of hydrogen-bond donors (Lipinski definition) is 1. The quantitative estimate of drug-likeness (QED) is 0.180. The van der Waals surface area contributed by atoms with Gasteiger partial charge in [0.05, 0.1) is 0 Å². The lowest BCUT2D eigenvalue weighted by Crippen LogP contribution is -2.65. The van der Waals surface area contributed by atoms with Crippen molar-refractivity contribution in [3.8, 4) is 0 Å². The lowest BCUT2D eigenvalue weighted by molar-refractivity contribution is -0.186. The van der Waals surface area contributed by atoms with Crippen LogP contribution >= 0.6 is 0 Å². The average Bonchev–Trinajstić information content (AvgIpc) is 3.10. The number of carbonyl (C=O) groups is 6. The predicted molar refractivity (Wildman–Crippen MR) is 167 cm³/mol. The molecular formula is C36H50O10. The molecular weight excluding hydrogens is 592 g/mol. The standard InChI is InChI=1S/C36H50O10/c1-19(37)44-25-17-33(8)26-13-12-22-23(16-24(40)30(32(22,6)7)45-20(2)38)35(26,10)28(42)18-34(33,9)29(25)36(11,43)27(41)14-15-31(4,5)46-21(3)39/h12,14-15,23,25-26,29-30,43H,13,16-18H2,1-11H3/b15-14+/t23-,25-,26+,29+,30+,33+,34-,35+,36+/m1/s1. The molecule has 1 N–H and O–H groups in total. The van der Waals surface area contributed by atoms with E-state index in [1.807, 2.05) is 27.7 Å². The minimum Gasteiger partial charge on any atom is -0.462 e. The number of aliphatic hydroxyl groups is 1. The van der Waals surface area contributed by atoms with Crippen molar-refractivity contribution in [2.75, 3.05) is 0 Å². The van der Waals surface area contributed by atoms with Gasteiger partial charge in [0.1, 0.15) is 23.1 Å². The lowest BCUT2D eigenvalue weighted by Gasteiger charge is -2.64. The van der Waals surface area contributed by atoms with Gasteiger partial charge < -0.3 is 19.3 Å². The number of hydrogen-bond acceptors (Lipinski definition) is 10. The zero-order valence-corrected chi connectivity index (χ0v) is 29.1. The summed E-state index contributed by atoms with van der Waals surface area (Å²) in [5, 5.41) is 12.1. The van der Waals surface area contributed by atoms with Crippen LogP contribution in [0.25, 0.3) is 0 Å². The Balaban J connectivity index is 1.81. The molecule has 10 heteroatoms. The van der Waals surface area contributed by atoms with Gasteiger partial charge in [0.2, 0.25) is 0 Å². The van der Waals surface area contributed by atoms with Gasteiger partial charge in [-0.25, -0.2) is 0 Å². The van der Waals surface area contributed by atoms with Crippen molar-refractivity contribution in [1.82, 2.24) is 0 Å². The Bertz CT molecular complexity index is 1430. The van der Waals surface area contributed by atoms with Crippen LogP contribution in [-0.2, 0) is 43.0 Å². The first kappa shape index (κ1) is 35.7. The van der Waals surface area contributed by atoms with E-state index in [1.54, 1.807) is 13.8 Å². The summed E-state index contributed by atoms with van der Waals surface area (Å²) in [4.78, 5) is 77.8. The second kappa shape index (κ2) is 11.2. The van der Waals surface area contributed by atoms with Crippen LogP contribution in [0.5, 0.6) is 0 Å². The molecule has 4 aliphatic rings. The molecule has 0 saturated heterocycles. The van der Waals surface area contributed by atoms with Gasteiger partial charge in [0.25, 0.3) is 0 Å². The van der Waals surface area contributed by atoms with Crippen molar-refractivity contribution in [3.05, 3.63) is 23.8 Å². The minimum absolute atomic E-state index is 0.00318.